The number of nitrogens with one attached hydrogen (secondary N) is 1. The molecule has 1 amide bonds. The van der Waals surface area contributed by atoms with Gasteiger partial charge in [-0.25, -0.2) is 0 Å². The molecule has 1 aromatic heterocycles. The van der Waals surface area contributed by atoms with Crippen LogP contribution in [0.5, 0.6) is 0 Å². The van der Waals surface area contributed by atoms with E-state index in [0.29, 0.717) is 22.9 Å². The fraction of sp³-hybridized carbons (Fsp3) is 0.500. The first-order chi connectivity index (χ1) is 11.6. The maximum Gasteiger partial charge on any atom is 0.257 e. The number of aryl methyl sites for hydroxylation is 1. The van der Waals surface area contributed by atoms with E-state index >= 15 is 0 Å². The number of carbonyl (C=O) groups excluding carboxylic acids is 1. The normalized spacial score (nSPS) is 26.5. The zero-order chi connectivity index (χ0) is 16.7. The molecule has 4 heteroatoms. The van der Waals surface area contributed by atoms with E-state index < -0.39 is 0 Å². The quantitative estimate of drug-likeness (QED) is 0.917. The van der Waals surface area contributed by atoms with Gasteiger partial charge in [-0.1, -0.05) is 41.9 Å². The molecule has 4 atom stereocenters. The molecule has 2 fully saturated rings. The second kappa shape index (κ2) is 6.08. The first-order valence-corrected chi connectivity index (χ1v) is 8.96. The Balaban J connectivity index is 1.54. The average Bonchev–Trinajstić information content (AvgIpc) is 3.30. The number of benzene rings is 1. The van der Waals surface area contributed by atoms with Crippen molar-refractivity contribution in [2.45, 2.75) is 45.6 Å². The van der Waals surface area contributed by atoms with E-state index in [0.717, 1.165) is 17.4 Å². The Morgan fingerprint density at radius 1 is 1.25 bits per heavy atom. The Hall–Kier alpha value is -2.10. The molecule has 4 nitrogen and oxygen atoms in total. The molecule has 0 spiro atoms. The predicted molar refractivity (Wildman–Crippen MR) is 92.5 cm³/mol. The Morgan fingerprint density at radius 3 is 2.71 bits per heavy atom. The van der Waals surface area contributed by atoms with Crippen LogP contribution in [0.3, 0.4) is 0 Å². The van der Waals surface area contributed by atoms with Crippen LogP contribution in [-0.2, 0) is 0 Å². The van der Waals surface area contributed by atoms with Crippen LogP contribution in [0.2, 0.25) is 0 Å². The Labute approximate surface area is 142 Å². The second-order valence-corrected chi connectivity index (χ2v) is 7.43. The molecule has 1 heterocycles. The van der Waals surface area contributed by atoms with E-state index in [2.05, 4.69) is 17.4 Å². The summed E-state index contributed by atoms with van der Waals surface area (Å²) in [4.78, 5) is 12.9. The van der Waals surface area contributed by atoms with Gasteiger partial charge >= 0.3 is 0 Å². The highest BCUT2D eigenvalue weighted by atomic mass is 16.5. The summed E-state index contributed by atoms with van der Waals surface area (Å²) in [5.41, 5.74) is 2.11. The Morgan fingerprint density at radius 2 is 2.04 bits per heavy atom. The molecular formula is C20H24N2O2. The van der Waals surface area contributed by atoms with Gasteiger partial charge in [-0.2, -0.15) is 0 Å². The summed E-state index contributed by atoms with van der Waals surface area (Å²) in [5, 5.41) is 7.34. The summed E-state index contributed by atoms with van der Waals surface area (Å²) in [6, 6.07) is 9.94. The van der Waals surface area contributed by atoms with E-state index in [4.69, 9.17) is 4.52 Å². The molecular weight excluding hydrogens is 300 g/mol. The summed E-state index contributed by atoms with van der Waals surface area (Å²) in [6.45, 7) is 3.95. The van der Waals surface area contributed by atoms with Crippen molar-refractivity contribution in [2.75, 3.05) is 0 Å². The van der Waals surface area contributed by atoms with Crippen molar-refractivity contribution in [3.63, 3.8) is 0 Å². The number of amides is 1. The molecule has 2 aromatic rings. The second-order valence-electron chi connectivity index (χ2n) is 7.43. The average molecular weight is 324 g/mol. The van der Waals surface area contributed by atoms with Crippen LogP contribution in [0.1, 0.15) is 48.7 Å². The van der Waals surface area contributed by atoms with Crippen LogP contribution >= 0.6 is 0 Å². The summed E-state index contributed by atoms with van der Waals surface area (Å²) >= 11 is 0. The molecule has 2 saturated carbocycles. The lowest BCUT2D eigenvalue weighted by molar-refractivity contribution is 0.0914. The van der Waals surface area contributed by atoms with Crippen LogP contribution in [-0.4, -0.2) is 17.1 Å². The van der Waals surface area contributed by atoms with Crippen LogP contribution in [0.4, 0.5) is 0 Å². The maximum absolute atomic E-state index is 12.9. The van der Waals surface area contributed by atoms with Crippen molar-refractivity contribution in [1.82, 2.24) is 10.5 Å². The molecule has 4 rings (SSSR count). The molecule has 1 N–H and O–H groups in total. The van der Waals surface area contributed by atoms with Gasteiger partial charge in [0.15, 0.2) is 0 Å². The van der Waals surface area contributed by atoms with Crippen molar-refractivity contribution in [3.8, 4) is 11.3 Å². The van der Waals surface area contributed by atoms with Crippen molar-refractivity contribution >= 4 is 5.91 Å². The highest BCUT2D eigenvalue weighted by Crippen LogP contribution is 2.49. The number of rotatable bonds is 4. The van der Waals surface area contributed by atoms with Crippen LogP contribution in [0, 0.1) is 24.7 Å². The van der Waals surface area contributed by atoms with Gasteiger partial charge in [0.1, 0.15) is 17.0 Å². The summed E-state index contributed by atoms with van der Waals surface area (Å²) in [7, 11) is 0. The molecule has 0 aliphatic heterocycles. The van der Waals surface area contributed by atoms with Gasteiger partial charge in [0.05, 0.1) is 0 Å². The first-order valence-electron chi connectivity index (χ1n) is 8.96. The van der Waals surface area contributed by atoms with E-state index in [1.165, 1.54) is 25.7 Å². The lowest BCUT2D eigenvalue weighted by Gasteiger charge is -2.28. The van der Waals surface area contributed by atoms with E-state index in [1.54, 1.807) is 6.92 Å². The number of nitrogens with zero attached hydrogens (tertiary/aromatic N) is 1. The number of carbonyl (C=O) groups is 1. The molecule has 2 bridgehead atoms. The minimum absolute atomic E-state index is 0.0668. The lowest BCUT2D eigenvalue weighted by atomic mass is 9.84. The lowest BCUT2D eigenvalue weighted by Crippen LogP contribution is -2.40. The maximum atomic E-state index is 12.9. The van der Waals surface area contributed by atoms with Gasteiger partial charge in [0, 0.05) is 11.6 Å². The number of hydrogen-bond donors (Lipinski definition) is 1. The van der Waals surface area contributed by atoms with Gasteiger partial charge in [0.25, 0.3) is 5.91 Å². The summed E-state index contributed by atoms with van der Waals surface area (Å²) in [5.74, 6) is 2.81. The zero-order valence-corrected chi connectivity index (χ0v) is 14.3. The molecule has 0 unspecified atom stereocenters. The highest BCUT2D eigenvalue weighted by molar-refractivity contribution is 6.00. The molecule has 2 aliphatic carbocycles. The Bertz CT molecular complexity index is 737. The molecule has 24 heavy (non-hydrogen) atoms. The number of aromatic nitrogens is 1. The number of hydrogen-bond acceptors (Lipinski definition) is 3. The van der Waals surface area contributed by atoms with Gasteiger partial charge in [-0.15, -0.1) is 0 Å². The fourth-order valence-corrected chi connectivity index (χ4v) is 4.72. The number of fused-ring (bicyclic) bond motifs is 2. The molecule has 2 aliphatic rings. The van der Waals surface area contributed by atoms with Gasteiger partial charge < -0.3 is 9.84 Å². The largest absolute Gasteiger partial charge is 0.360 e. The van der Waals surface area contributed by atoms with E-state index in [9.17, 15) is 4.79 Å². The molecule has 126 valence electrons. The summed E-state index contributed by atoms with van der Waals surface area (Å²) < 4.78 is 5.32. The first kappa shape index (κ1) is 15.4. The topological polar surface area (TPSA) is 55.1 Å². The van der Waals surface area contributed by atoms with Crippen molar-refractivity contribution < 1.29 is 9.32 Å². The molecule has 1 aromatic carbocycles. The SMILES string of the molecule is Cc1onc(-c2ccccc2)c1C(=O)N[C@@H](C)[C@H]1C[C@@H]2CC[C@@H]1C2. The molecule has 0 radical (unpaired) electrons. The smallest absolute Gasteiger partial charge is 0.257 e. The third kappa shape index (κ3) is 2.64. The third-order valence-corrected chi connectivity index (χ3v) is 5.93. The zero-order valence-electron chi connectivity index (χ0n) is 14.3. The summed E-state index contributed by atoms with van der Waals surface area (Å²) in [6.07, 6.45) is 5.33. The van der Waals surface area contributed by atoms with Gasteiger partial charge in [-0.05, 0) is 50.9 Å². The van der Waals surface area contributed by atoms with Crippen molar-refractivity contribution in [1.29, 1.82) is 0 Å². The Kier molecular flexibility index (Phi) is 3.91. The van der Waals surface area contributed by atoms with Crippen LogP contribution < -0.4 is 5.32 Å². The predicted octanol–water partition coefficient (Wildman–Crippen LogP) is 4.20. The van der Waals surface area contributed by atoms with Crippen molar-refractivity contribution in [2.24, 2.45) is 17.8 Å². The van der Waals surface area contributed by atoms with Crippen LogP contribution in [0.25, 0.3) is 11.3 Å². The monoisotopic (exact) mass is 324 g/mol. The van der Waals surface area contributed by atoms with Gasteiger partial charge in [0.2, 0.25) is 0 Å². The molecule has 0 saturated heterocycles. The van der Waals surface area contributed by atoms with Crippen LogP contribution in [0.15, 0.2) is 34.9 Å². The van der Waals surface area contributed by atoms with E-state index in [1.807, 2.05) is 30.3 Å². The standard InChI is InChI=1S/C20H24N2O2/c1-12(17-11-14-8-9-16(17)10-14)21-20(23)18-13(2)24-22-19(18)15-6-4-3-5-7-15/h3-7,12,14,16-17H,8-11H2,1-2H3,(H,21,23)/t12-,14+,16+,17+/m0/s1. The fourth-order valence-electron chi connectivity index (χ4n) is 4.72. The minimum Gasteiger partial charge on any atom is -0.360 e. The highest BCUT2D eigenvalue weighted by Gasteiger charge is 2.42. The minimum atomic E-state index is -0.0668. The third-order valence-electron chi connectivity index (χ3n) is 5.93. The van der Waals surface area contributed by atoms with Gasteiger partial charge in [-0.3, -0.25) is 4.79 Å². The van der Waals surface area contributed by atoms with Crippen molar-refractivity contribution in [3.05, 3.63) is 41.7 Å². The van der Waals surface area contributed by atoms with E-state index in [-0.39, 0.29) is 11.9 Å².